The van der Waals surface area contributed by atoms with Crippen molar-refractivity contribution >= 4 is 11.6 Å². The molecule has 4 heteroatoms. The molecule has 0 radical (unpaired) electrons. The van der Waals surface area contributed by atoms with Crippen molar-refractivity contribution in [3.8, 4) is 5.75 Å². The zero-order valence-electron chi connectivity index (χ0n) is 6.95. The van der Waals surface area contributed by atoms with E-state index in [0.29, 0.717) is 0 Å². The first-order chi connectivity index (χ1) is 6.61. The Hall–Kier alpha value is -1.97. The van der Waals surface area contributed by atoms with Crippen LogP contribution in [0.4, 0.5) is 4.39 Å². The van der Waals surface area contributed by atoms with Gasteiger partial charge in [0.25, 0.3) is 0 Å². The number of carbonyl (C=O) groups is 2. The van der Waals surface area contributed by atoms with E-state index in [0.717, 1.165) is 24.3 Å². The minimum Gasteiger partial charge on any atom is -0.507 e. The van der Waals surface area contributed by atoms with Gasteiger partial charge in [0.1, 0.15) is 11.6 Å². The lowest BCUT2D eigenvalue weighted by Crippen LogP contribution is -2.13. The number of carbonyl (C=O) groups excluding carboxylic acids is 2. The number of phenols is 1. The Labute approximate surface area is 78.5 Å². The van der Waals surface area contributed by atoms with E-state index < -0.39 is 17.4 Å². The predicted molar refractivity (Wildman–Crippen MR) is 45.9 cm³/mol. The number of hydrogen-bond acceptors (Lipinski definition) is 3. The number of allylic oxidation sites excluding steroid dienone is 2. The summed E-state index contributed by atoms with van der Waals surface area (Å²) in [6, 6.07) is 2.01. The number of ketones is 2. The Bertz CT molecular complexity index is 432. The summed E-state index contributed by atoms with van der Waals surface area (Å²) in [5.41, 5.74) is -0.602. The molecule has 0 saturated heterocycles. The van der Waals surface area contributed by atoms with E-state index in [1.165, 1.54) is 0 Å². The van der Waals surface area contributed by atoms with Gasteiger partial charge in [-0.05, 0) is 24.3 Å². The molecule has 0 fully saturated rings. The quantitative estimate of drug-likeness (QED) is 0.677. The lowest BCUT2D eigenvalue weighted by Gasteiger charge is -2.10. The van der Waals surface area contributed by atoms with Crippen LogP contribution in [0.2, 0.25) is 0 Å². The van der Waals surface area contributed by atoms with Gasteiger partial charge in [-0.15, -0.1) is 0 Å². The molecule has 0 aliphatic heterocycles. The van der Waals surface area contributed by atoms with Gasteiger partial charge in [0.05, 0.1) is 11.1 Å². The minimum absolute atomic E-state index is 0.252. The normalized spacial score (nSPS) is 14.4. The van der Waals surface area contributed by atoms with Gasteiger partial charge >= 0.3 is 0 Å². The van der Waals surface area contributed by atoms with Gasteiger partial charge in [-0.25, -0.2) is 4.39 Å². The molecule has 14 heavy (non-hydrogen) atoms. The van der Waals surface area contributed by atoms with Crippen molar-refractivity contribution in [2.75, 3.05) is 0 Å². The Morgan fingerprint density at radius 2 is 1.57 bits per heavy atom. The van der Waals surface area contributed by atoms with E-state index in [2.05, 4.69) is 0 Å². The largest absolute Gasteiger partial charge is 0.507 e. The second-order valence-corrected chi connectivity index (χ2v) is 2.88. The fourth-order valence-electron chi connectivity index (χ4n) is 1.37. The molecule has 1 aliphatic rings. The smallest absolute Gasteiger partial charge is 0.190 e. The van der Waals surface area contributed by atoms with Gasteiger partial charge < -0.3 is 5.11 Å². The van der Waals surface area contributed by atoms with Gasteiger partial charge in [0.2, 0.25) is 0 Å². The van der Waals surface area contributed by atoms with Gasteiger partial charge in [0.15, 0.2) is 11.6 Å². The maximum atomic E-state index is 13.2. The molecule has 0 spiro atoms. The summed E-state index contributed by atoms with van der Waals surface area (Å²) < 4.78 is 13.2. The van der Waals surface area contributed by atoms with Crippen molar-refractivity contribution in [2.24, 2.45) is 0 Å². The van der Waals surface area contributed by atoms with E-state index in [1.807, 2.05) is 0 Å². The molecule has 2 rings (SSSR count). The lowest BCUT2D eigenvalue weighted by atomic mass is 9.93. The van der Waals surface area contributed by atoms with Crippen LogP contribution in [0.5, 0.6) is 5.75 Å². The van der Waals surface area contributed by atoms with Crippen LogP contribution in [0.3, 0.4) is 0 Å². The maximum absolute atomic E-state index is 13.2. The molecule has 0 bridgehead atoms. The fourth-order valence-corrected chi connectivity index (χ4v) is 1.37. The summed E-state index contributed by atoms with van der Waals surface area (Å²) >= 11 is 0. The van der Waals surface area contributed by atoms with Crippen LogP contribution in [0, 0.1) is 5.82 Å². The molecule has 0 heterocycles. The van der Waals surface area contributed by atoms with Crippen LogP contribution in [0.1, 0.15) is 20.7 Å². The van der Waals surface area contributed by atoms with Gasteiger partial charge in [0, 0.05) is 0 Å². The highest BCUT2D eigenvalue weighted by molar-refractivity contribution is 6.23. The van der Waals surface area contributed by atoms with E-state index in [9.17, 15) is 19.1 Å². The molecular weight excluding hydrogens is 187 g/mol. The van der Waals surface area contributed by atoms with E-state index in [4.69, 9.17) is 0 Å². The molecule has 0 unspecified atom stereocenters. The molecule has 1 aromatic carbocycles. The summed E-state index contributed by atoms with van der Waals surface area (Å²) in [4.78, 5) is 22.5. The maximum Gasteiger partial charge on any atom is 0.190 e. The Morgan fingerprint density at radius 3 is 2.14 bits per heavy atom. The Kier molecular flexibility index (Phi) is 1.70. The van der Waals surface area contributed by atoms with Crippen LogP contribution in [-0.2, 0) is 0 Å². The zero-order chi connectivity index (χ0) is 10.3. The standard InChI is InChI=1S/C10H5FO3/c11-5-1-2-7(13)10-8(14)4-3-6(12)9(5)10/h1-4,13H. The monoisotopic (exact) mass is 192 g/mol. The highest BCUT2D eigenvalue weighted by Crippen LogP contribution is 2.27. The second kappa shape index (κ2) is 2.77. The van der Waals surface area contributed by atoms with Gasteiger partial charge in [-0.2, -0.15) is 0 Å². The summed E-state index contributed by atoms with van der Waals surface area (Å²) in [5, 5.41) is 9.30. The zero-order valence-corrected chi connectivity index (χ0v) is 6.95. The highest BCUT2D eigenvalue weighted by Gasteiger charge is 2.25. The number of phenolic OH excluding ortho intramolecular Hbond substituents is 1. The van der Waals surface area contributed by atoms with Gasteiger partial charge in [-0.1, -0.05) is 0 Å². The predicted octanol–water partition coefficient (Wildman–Crippen LogP) is 1.47. The molecule has 1 aromatic rings. The van der Waals surface area contributed by atoms with Gasteiger partial charge in [-0.3, -0.25) is 9.59 Å². The average molecular weight is 192 g/mol. The first-order valence-electron chi connectivity index (χ1n) is 3.89. The van der Waals surface area contributed by atoms with Crippen molar-refractivity contribution in [3.05, 3.63) is 41.2 Å². The topological polar surface area (TPSA) is 54.4 Å². The number of fused-ring (bicyclic) bond motifs is 1. The van der Waals surface area contributed by atoms with Crippen LogP contribution >= 0.6 is 0 Å². The summed E-state index contributed by atoms with van der Waals surface area (Å²) in [6.07, 6.45) is 2.01. The van der Waals surface area contributed by atoms with E-state index in [1.54, 1.807) is 0 Å². The first-order valence-corrected chi connectivity index (χ1v) is 3.89. The molecule has 0 saturated carbocycles. The lowest BCUT2D eigenvalue weighted by molar-refractivity contribution is 0.0988. The molecule has 70 valence electrons. The van der Waals surface area contributed by atoms with Crippen molar-refractivity contribution in [1.82, 2.24) is 0 Å². The summed E-state index contributed by atoms with van der Waals surface area (Å²) in [5.74, 6) is -2.32. The van der Waals surface area contributed by atoms with Crippen LogP contribution in [0.25, 0.3) is 0 Å². The van der Waals surface area contributed by atoms with E-state index >= 15 is 0 Å². The third-order valence-electron chi connectivity index (χ3n) is 2.01. The molecule has 1 N–H and O–H groups in total. The molecule has 3 nitrogen and oxygen atoms in total. The molecule has 0 atom stereocenters. The van der Waals surface area contributed by atoms with E-state index in [-0.39, 0.29) is 16.9 Å². The Morgan fingerprint density at radius 1 is 1.00 bits per heavy atom. The van der Waals surface area contributed by atoms with Crippen molar-refractivity contribution < 1.29 is 19.1 Å². The van der Waals surface area contributed by atoms with Crippen molar-refractivity contribution in [3.63, 3.8) is 0 Å². The molecule has 0 aromatic heterocycles. The number of rotatable bonds is 0. The second-order valence-electron chi connectivity index (χ2n) is 2.88. The number of halogens is 1. The SMILES string of the molecule is O=C1C=CC(=O)c2c(F)ccc(O)c21. The first kappa shape index (κ1) is 8.62. The Balaban J connectivity index is 2.83. The summed E-state index contributed by atoms with van der Waals surface area (Å²) in [7, 11) is 0. The molecule has 1 aliphatic carbocycles. The van der Waals surface area contributed by atoms with Crippen LogP contribution < -0.4 is 0 Å². The number of hydrogen-bond donors (Lipinski definition) is 1. The van der Waals surface area contributed by atoms with Crippen LogP contribution in [-0.4, -0.2) is 16.7 Å². The summed E-state index contributed by atoms with van der Waals surface area (Å²) in [6.45, 7) is 0. The third-order valence-corrected chi connectivity index (χ3v) is 2.01. The van der Waals surface area contributed by atoms with Crippen LogP contribution in [0.15, 0.2) is 24.3 Å². The molecule has 0 amide bonds. The number of aromatic hydroxyl groups is 1. The number of benzene rings is 1. The molecular formula is C10H5FO3. The fraction of sp³-hybridized carbons (Fsp3) is 0. The highest BCUT2D eigenvalue weighted by atomic mass is 19.1. The minimum atomic E-state index is -0.791. The average Bonchev–Trinajstić information content (AvgIpc) is 2.16. The third kappa shape index (κ3) is 1.04. The van der Waals surface area contributed by atoms with Crippen molar-refractivity contribution in [1.29, 1.82) is 0 Å². The van der Waals surface area contributed by atoms with Crippen molar-refractivity contribution in [2.45, 2.75) is 0 Å².